The molecule has 1 saturated heterocycles. The average Bonchev–Trinajstić information content (AvgIpc) is 2.74. The largest absolute Gasteiger partial charge is 0.504 e. The second-order valence-corrected chi connectivity index (χ2v) is 9.49. The van der Waals surface area contributed by atoms with E-state index in [1.807, 2.05) is 6.07 Å². The summed E-state index contributed by atoms with van der Waals surface area (Å²) in [6.07, 6.45) is 4.75. The Kier molecular flexibility index (Phi) is 6.72. The highest BCUT2D eigenvalue weighted by Gasteiger charge is 2.32. The standard InChI is InChI=1S/C23H32NO3P/c1-5-23(2,18-15-17(26-3)16-20(27-4)22(18)25)28-21-12-8-7-11-19(21)24-13-9-6-10-14-24/h7-8,11-12,15-16,25,28H,5-6,9-10,13-14H2,1-4H3. The molecule has 2 unspecified atom stereocenters. The Morgan fingerprint density at radius 3 is 2.43 bits per heavy atom. The van der Waals surface area contributed by atoms with Crippen LogP contribution in [0.2, 0.25) is 0 Å². The first-order valence-electron chi connectivity index (χ1n) is 10.1. The third-order valence-corrected chi connectivity index (χ3v) is 7.68. The molecule has 28 heavy (non-hydrogen) atoms. The summed E-state index contributed by atoms with van der Waals surface area (Å²) in [5, 5.41) is 12.0. The smallest absolute Gasteiger partial charge is 0.164 e. The monoisotopic (exact) mass is 401 g/mol. The molecule has 5 heteroatoms. The van der Waals surface area contributed by atoms with Crippen molar-refractivity contribution in [3.63, 3.8) is 0 Å². The van der Waals surface area contributed by atoms with Gasteiger partial charge in [-0.15, -0.1) is 0 Å². The predicted molar refractivity (Wildman–Crippen MR) is 119 cm³/mol. The number of para-hydroxylation sites is 1. The number of nitrogens with zero attached hydrogens (tertiary/aromatic N) is 1. The van der Waals surface area contributed by atoms with E-state index < -0.39 is 0 Å². The van der Waals surface area contributed by atoms with Crippen LogP contribution in [0.3, 0.4) is 0 Å². The molecule has 1 heterocycles. The molecule has 0 radical (unpaired) electrons. The Bertz CT molecular complexity index is 804. The number of phenols is 1. The molecule has 2 atom stereocenters. The van der Waals surface area contributed by atoms with Crippen LogP contribution in [0.15, 0.2) is 36.4 Å². The molecule has 0 amide bonds. The van der Waals surface area contributed by atoms with Crippen LogP contribution < -0.4 is 19.7 Å². The van der Waals surface area contributed by atoms with Gasteiger partial charge in [0.2, 0.25) is 0 Å². The minimum atomic E-state index is -0.211. The Morgan fingerprint density at radius 2 is 1.79 bits per heavy atom. The molecular weight excluding hydrogens is 369 g/mol. The highest BCUT2D eigenvalue weighted by atomic mass is 31.1. The van der Waals surface area contributed by atoms with Gasteiger partial charge in [0, 0.05) is 35.6 Å². The Hall–Kier alpha value is -1.93. The zero-order valence-electron chi connectivity index (χ0n) is 17.4. The van der Waals surface area contributed by atoms with E-state index in [-0.39, 0.29) is 10.9 Å². The zero-order chi connectivity index (χ0) is 20.1. The van der Waals surface area contributed by atoms with Gasteiger partial charge in [-0.1, -0.05) is 40.6 Å². The number of ether oxygens (including phenoxy) is 2. The van der Waals surface area contributed by atoms with Gasteiger partial charge in [0.05, 0.1) is 14.2 Å². The van der Waals surface area contributed by atoms with Crippen molar-refractivity contribution in [1.82, 2.24) is 0 Å². The zero-order valence-corrected chi connectivity index (χ0v) is 18.4. The van der Waals surface area contributed by atoms with Gasteiger partial charge in [-0.2, -0.15) is 0 Å². The van der Waals surface area contributed by atoms with Crippen LogP contribution in [-0.4, -0.2) is 32.4 Å². The van der Waals surface area contributed by atoms with Crippen molar-refractivity contribution in [3.8, 4) is 17.2 Å². The summed E-state index contributed by atoms with van der Waals surface area (Å²) in [6, 6.07) is 12.4. The van der Waals surface area contributed by atoms with E-state index in [2.05, 4.69) is 43.0 Å². The topological polar surface area (TPSA) is 41.9 Å². The fourth-order valence-electron chi connectivity index (χ4n) is 3.91. The van der Waals surface area contributed by atoms with Crippen LogP contribution in [0.1, 0.15) is 45.1 Å². The molecule has 0 spiro atoms. The lowest BCUT2D eigenvalue weighted by Gasteiger charge is -2.35. The summed E-state index contributed by atoms with van der Waals surface area (Å²) in [5.41, 5.74) is 2.23. The summed E-state index contributed by atoms with van der Waals surface area (Å²) in [5.74, 6) is 1.39. The molecule has 152 valence electrons. The van der Waals surface area contributed by atoms with Crippen molar-refractivity contribution >= 4 is 19.6 Å². The number of hydrogen-bond donors (Lipinski definition) is 1. The SMILES string of the molecule is CCC(C)(Pc1ccccc1N1CCCCC1)c1cc(OC)cc(OC)c1O. The van der Waals surface area contributed by atoms with Gasteiger partial charge >= 0.3 is 0 Å². The average molecular weight is 401 g/mol. The number of aromatic hydroxyl groups is 1. The Labute approximate surface area is 170 Å². The molecule has 2 aromatic rings. The van der Waals surface area contributed by atoms with E-state index in [0.29, 0.717) is 20.1 Å². The van der Waals surface area contributed by atoms with Crippen molar-refractivity contribution in [2.75, 3.05) is 32.2 Å². The second kappa shape index (κ2) is 9.05. The van der Waals surface area contributed by atoms with Gasteiger partial charge in [0.25, 0.3) is 0 Å². The summed E-state index contributed by atoms with van der Waals surface area (Å²) in [7, 11) is 3.75. The number of methoxy groups -OCH3 is 2. The van der Waals surface area contributed by atoms with E-state index >= 15 is 0 Å². The molecule has 0 bridgehead atoms. The number of rotatable bonds is 7. The fraction of sp³-hybridized carbons (Fsp3) is 0.478. The summed E-state index contributed by atoms with van der Waals surface area (Å²) >= 11 is 0. The van der Waals surface area contributed by atoms with E-state index in [9.17, 15) is 5.11 Å². The van der Waals surface area contributed by atoms with Crippen LogP contribution in [0.5, 0.6) is 17.2 Å². The van der Waals surface area contributed by atoms with E-state index in [1.165, 1.54) is 30.3 Å². The Morgan fingerprint density at radius 1 is 1.07 bits per heavy atom. The van der Waals surface area contributed by atoms with Crippen LogP contribution in [0.4, 0.5) is 5.69 Å². The first-order valence-corrected chi connectivity index (χ1v) is 11.1. The molecule has 1 fully saturated rings. The van der Waals surface area contributed by atoms with Gasteiger partial charge < -0.3 is 19.5 Å². The van der Waals surface area contributed by atoms with Crippen molar-refractivity contribution in [3.05, 3.63) is 42.0 Å². The van der Waals surface area contributed by atoms with Gasteiger partial charge in [-0.05, 0) is 43.1 Å². The molecule has 4 nitrogen and oxygen atoms in total. The second-order valence-electron chi connectivity index (χ2n) is 7.60. The quantitative estimate of drug-likeness (QED) is 0.661. The van der Waals surface area contributed by atoms with Crippen LogP contribution in [0.25, 0.3) is 0 Å². The van der Waals surface area contributed by atoms with Crippen LogP contribution >= 0.6 is 8.58 Å². The first-order chi connectivity index (χ1) is 13.5. The number of piperidine rings is 1. The molecule has 0 aliphatic carbocycles. The van der Waals surface area contributed by atoms with Crippen molar-refractivity contribution in [2.45, 2.75) is 44.7 Å². The molecular formula is C23H32NO3P. The third-order valence-electron chi connectivity index (χ3n) is 5.82. The normalized spacial score (nSPS) is 16.9. The van der Waals surface area contributed by atoms with Crippen LogP contribution in [0, 0.1) is 0 Å². The Balaban J connectivity index is 2.01. The highest BCUT2D eigenvalue weighted by molar-refractivity contribution is 7.49. The van der Waals surface area contributed by atoms with Crippen molar-refractivity contribution < 1.29 is 14.6 Å². The summed E-state index contributed by atoms with van der Waals surface area (Å²) in [6.45, 7) is 6.67. The minimum absolute atomic E-state index is 0.211. The molecule has 3 rings (SSSR count). The maximum absolute atomic E-state index is 10.9. The highest BCUT2D eigenvalue weighted by Crippen LogP contribution is 2.51. The molecule has 1 aliphatic rings. The van der Waals surface area contributed by atoms with Crippen molar-refractivity contribution in [1.29, 1.82) is 0 Å². The predicted octanol–water partition coefficient (Wildman–Crippen LogP) is 5.03. The third kappa shape index (κ3) is 4.22. The maximum atomic E-state index is 10.9. The minimum Gasteiger partial charge on any atom is -0.504 e. The molecule has 2 aromatic carbocycles. The summed E-state index contributed by atoms with van der Waals surface area (Å²) < 4.78 is 10.9. The van der Waals surface area contributed by atoms with Crippen LogP contribution in [-0.2, 0) is 5.16 Å². The van der Waals surface area contributed by atoms with Gasteiger partial charge in [0.1, 0.15) is 5.75 Å². The van der Waals surface area contributed by atoms with E-state index in [1.54, 1.807) is 20.3 Å². The van der Waals surface area contributed by atoms with E-state index in [0.717, 1.165) is 25.1 Å². The molecule has 1 N–H and O–H groups in total. The molecule has 0 saturated carbocycles. The number of benzene rings is 2. The fourth-order valence-corrected chi connectivity index (χ4v) is 5.56. The number of hydrogen-bond acceptors (Lipinski definition) is 4. The first kappa shape index (κ1) is 20.8. The van der Waals surface area contributed by atoms with E-state index in [4.69, 9.17) is 9.47 Å². The number of phenolic OH excluding ortho intramolecular Hbond substituents is 1. The summed E-state index contributed by atoms with van der Waals surface area (Å²) in [4.78, 5) is 2.52. The molecule has 1 aliphatic heterocycles. The maximum Gasteiger partial charge on any atom is 0.164 e. The van der Waals surface area contributed by atoms with Gasteiger partial charge in [-0.25, -0.2) is 0 Å². The van der Waals surface area contributed by atoms with Gasteiger partial charge in [-0.3, -0.25) is 0 Å². The lowest BCUT2D eigenvalue weighted by molar-refractivity contribution is 0.357. The lowest BCUT2D eigenvalue weighted by atomic mass is 9.95. The van der Waals surface area contributed by atoms with Gasteiger partial charge in [0.15, 0.2) is 11.5 Å². The molecule has 0 aromatic heterocycles. The van der Waals surface area contributed by atoms with Crippen molar-refractivity contribution in [2.24, 2.45) is 0 Å². The lowest BCUT2D eigenvalue weighted by Crippen LogP contribution is -2.33. The number of anilines is 1.